The molecule has 6 heteroatoms. The Kier molecular flexibility index (Phi) is 4.68. The fourth-order valence-corrected chi connectivity index (χ4v) is 2.37. The molecule has 1 fully saturated rings. The Labute approximate surface area is 117 Å². The molecule has 0 aromatic carbocycles. The van der Waals surface area contributed by atoms with Crippen LogP contribution in [0.1, 0.15) is 40.1 Å². The smallest absolute Gasteiger partial charge is 0.354 e. The summed E-state index contributed by atoms with van der Waals surface area (Å²) in [6.07, 6.45) is 4.79. The summed E-state index contributed by atoms with van der Waals surface area (Å²) in [4.78, 5) is 28.6. The molecule has 2 rings (SSSR count). The third kappa shape index (κ3) is 3.54. The van der Waals surface area contributed by atoms with Gasteiger partial charge in [-0.05, 0) is 38.6 Å². The first kappa shape index (κ1) is 14.5. The van der Waals surface area contributed by atoms with Crippen LogP contribution in [-0.4, -0.2) is 53.0 Å². The van der Waals surface area contributed by atoms with E-state index in [1.807, 2.05) is 0 Å². The summed E-state index contributed by atoms with van der Waals surface area (Å²) >= 11 is 0. The summed E-state index contributed by atoms with van der Waals surface area (Å²) in [5.74, 6) is -1.31. The molecule has 0 saturated carbocycles. The number of aromatic carboxylic acids is 1. The lowest BCUT2D eigenvalue weighted by Gasteiger charge is -2.32. The molecule has 0 spiro atoms. The number of pyridine rings is 1. The largest absolute Gasteiger partial charge is 0.477 e. The summed E-state index contributed by atoms with van der Waals surface area (Å²) in [6.45, 7) is 1.67. The number of nitrogens with one attached hydrogen (secondary N) is 1. The fraction of sp³-hybridized carbons (Fsp3) is 0.500. The maximum Gasteiger partial charge on any atom is 0.354 e. The van der Waals surface area contributed by atoms with Crippen molar-refractivity contribution in [3.63, 3.8) is 0 Å². The van der Waals surface area contributed by atoms with Crippen LogP contribution in [0.15, 0.2) is 18.3 Å². The van der Waals surface area contributed by atoms with Gasteiger partial charge in [-0.3, -0.25) is 4.79 Å². The molecule has 1 atom stereocenters. The quantitative estimate of drug-likeness (QED) is 0.857. The van der Waals surface area contributed by atoms with Gasteiger partial charge < -0.3 is 15.3 Å². The van der Waals surface area contributed by atoms with Crippen LogP contribution in [0.4, 0.5) is 0 Å². The number of aromatic nitrogens is 1. The summed E-state index contributed by atoms with van der Waals surface area (Å²) in [5.41, 5.74) is 0.321. The van der Waals surface area contributed by atoms with Gasteiger partial charge in [-0.15, -0.1) is 0 Å². The van der Waals surface area contributed by atoms with Crippen LogP contribution in [0.5, 0.6) is 0 Å². The topological polar surface area (TPSA) is 82.5 Å². The standard InChI is InChI=1S/C14H19N3O3/c1-17-7-3-2-4-11(17)9-16-13(18)10-5-6-12(14(19)20)15-8-10/h5-6,8,11H,2-4,7,9H2,1H3,(H,16,18)(H,19,20). The first-order valence-corrected chi connectivity index (χ1v) is 6.75. The number of rotatable bonds is 4. The number of hydrogen-bond donors (Lipinski definition) is 2. The lowest BCUT2D eigenvalue weighted by atomic mass is 10.0. The molecule has 1 unspecified atom stereocenters. The van der Waals surface area contributed by atoms with Gasteiger partial charge in [-0.1, -0.05) is 6.42 Å². The molecule has 1 saturated heterocycles. The minimum atomic E-state index is -1.10. The second-order valence-electron chi connectivity index (χ2n) is 5.08. The van der Waals surface area contributed by atoms with Crippen molar-refractivity contribution in [2.45, 2.75) is 25.3 Å². The predicted molar refractivity (Wildman–Crippen MR) is 73.8 cm³/mol. The minimum absolute atomic E-state index is 0.0615. The molecule has 108 valence electrons. The van der Waals surface area contributed by atoms with E-state index in [2.05, 4.69) is 22.2 Å². The van der Waals surface area contributed by atoms with Crippen molar-refractivity contribution in [3.05, 3.63) is 29.6 Å². The summed E-state index contributed by atoms with van der Waals surface area (Å²) in [5, 5.41) is 11.6. The van der Waals surface area contributed by atoms with Gasteiger partial charge in [-0.25, -0.2) is 9.78 Å². The first-order valence-electron chi connectivity index (χ1n) is 6.75. The predicted octanol–water partition coefficient (Wildman–Crippen LogP) is 0.994. The van der Waals surface area contributed by atoms with E-state index in [9.17, 15) is 9.59 Å². The number of likely N-dealkylation sites (N-methyl/N-ethyl adjacent to an activating group) is 1. The van der Waals surface area contributed by atoms with Crippen LogP contribution < -0.4 is 5.32 Å². The molecule has 1 aliphatic rings. The highest BCUT2D eigenvalue weighted by atomic mass is 16.4. The van der Waals surface area contributed by atoms with E-state index in [-0.39, 0.29) is 11.6 Å². The maximum atomic E-state index is 12.0. The number of piperidine rings is 1. The minimum Gasteiger partial charge on any atom is -0.477 e. The molecule has 1 amide bonds. The molecule has 1 aromatic heterocycles. The van der Waals surface area contributed by atoms with E-state index in [1.165, 1.54) is 31.2 Å². The lowest BCUT2D eigenvalue weighted by molar-refractivity contribution is 0.0689. The van der Waals surface area contributed by atoms with Gasteiger partial charge in [0.1, 0.15) is 5.69 Å². The summed E-state index contributed by atoms with van der Waals surface area (Å²) < 4.78 is 0. The normalized spacial score (nSPS) is 19.6. The van der Waals surface area contributed by atoms with Crippen molar-refractivity contribution in [2.24, 2.45) is 0 Å². The number of hydrogen-bond acceptors (Lipinski definition) is 4. The van der Waals surface area contributed by atoms with Gasteiger partial charge in [0.25, 0.3) is 5.91 Å². The Morgan fingerprint density at radius 2 is 2.25 bits per heavy atom. The van der Waals surface area contributed by atoms with Crippen LogP contribution in [0.3, 0.4) is 0 Å². The molecule has 6 nitrogen and oxygen atoms in total. The average Bonchev–Trinajstić information content (AvgIpc) is 2.46. The van der Waals surface area contributed by atoms with E-state index < -0.39 is 5.97 Å². The maximum absolute atomic E-state index is 12.0. The highest BCUT2D eigenvalue weighted by molar-refractivity contribution is 5.94. The lowest BCUT2D eigenvalue weighted by Crippen LogP contribution is -2.44. The molecule has 0 bridgehead atoms. The number of nitrogens with zero attached hydrogens (tertiary/aromatic N) is 2. The van der Waals surface area contributed by atoms with Gasteiger partial charge in [0.15, 0.2) is 0 Å². The van der Waals surface area contributed by atoms with E-state index >= 15 is 0 Å². The fourth-order valence-electron chi connectivity index (χ4n) is 2.37. The number of amides is 1. The molecule has 0 radical (unpaired) electrons. The SMILES string of the molecule is CN1CCCCC1CNC(=O)c1ccc(C(=O)O)nc1. The van der Waals surface area contributed by atoms with Gasteiger partial charge >= 0.3 is 5.97 Å². The third-order valence-electron chi connectivity index (χ3n) is 3.66. The van der Waals surface area contributed by atoms with Crippen molar-refractivity contribution in [1.29, 1.82) is 0 Å². The van der Waals surface area contributed by atoms with Crippen LogP contribution >= 0.6 is 0 Å². The van der Waals surface area contributed by atoms with Crippen LogP contribution in [0.2, 0.25) is 0 Å². The Bertz CT molecular complexity index is 487. The Hall–Kier alpha value is -1.95. The first-order chi connectivity index (χ1) is 9.58. The second kappa shape index (κ2) is 6.47. The number of carbonyl (C=O) groups is 2. The zero-order valence-electron chi connectivity index (χ0n) is 11.5. The molecule has 20 heavy (non-hydrogen) atoms. The van der Waals surface area contributed by atoms with Crippen molar-refractivity contribution < 1.29 is 14.7 Å². The number of carbonyl (C=O) groups excluding carboxylic acids is 1. The van der Waals surface area contributed by atoms with E-state index in [0.717, 1.165) is 13.0 Å². The zero-order chi connectivity index (χ0) is 14.5. The Morgan fingerprint density at radius 1 is 1.45 bits per heavy atom. The highest BCUT2D eigenvalue weighted by Crippen LogP contribution is 2.14. The van der Waals surface area contributed by atoms with Crippen molar-refractivity contribution in [3.8, 4) is 0 Å². The van der Waals surface area contributed by atoms with E-state index in [0.29, 0.717) is 18.2 Å². The molecule has 1 aliphatic heterocycles. The van der Waals surface area contributed by atoms with Crippen LogP contribution in [0.25, 0.3) is 0 Å². The number of carboxylic acids is 1. The van der Waals surface area contributed by atoms with Gasteiger partial charge in [0.05, 0.1) is 5.56 Å². The second-order valence-corrected chi connectivity index (χ2v) is 5.08. The Balaban J connectivity index is 1.89. The third-order valence-corrected chi connectivity index (χ3v) is 3.66. The van der Waals surface area contributed by atoms with E-state index in [1.54, 1.807) is 0 Å². The highest BCUT2D eigenvalue weighted by Gasteiger charge is 2.19. The molecular weight excluding hydrogens is 258 g/mol. The van der Waals surface area contributed by atoms with Crippen molar-refractivity contribution >= 4 is 11.9 Å². The van der Waals surface area contributed by atoms with Crippen LogP contribution in [0, 0.1) is 0 Å². The number of likely N-dealkylation sites (tertiary alicyclic amines) is 1. The molecule has 2 heterocycles. The summed E-state index contributed by atoms with van der Waals surface area (Å²) in [7, 11) is 2.07. The van der Waals surface area contributed by atoms with Crippen molar-refractivity contribution in [1.82, 2.24) is 15.2 Å². The van der Waals surface area contributed by atoms with Gasteiger partial charge in [0.2, 0.25) is 0 Å². The molecular formula is C14H19N3O3. The summed E-state index contributed by atoms with van der Waals surface area (Å²) in [6, 6.07) is 3.19. The average molecular weight is 277 g/mol. The zero-order valence-corrected chi connectivity index (χ0v) is 11.5. The monoisotopic (exact) mass is 277 g/mol. The molecule has 2 N–H and O–H groups in total. The molecule has 0 aliphatic carbocycles. The van der Waals surface area contributed by atoms with Gasteiger partial charge in [-0.2, -0.15) is 0 Å². The number of carboxylic acid groups (broad SMARTS) is 1. The van der Waals surface area contributed by atoms with Gasteiger partial charge in [0, 0.05) is 18.8 Å². The Morgan fingerprint density at radius 3 is 2.85 bits per heavy atom. The molecule has 1 aromatic rings. The van der Waals surface area contributed by atoms with Crippen LogP contribution in [-0.2, 0) is 0 Å². The van der Waals surface area contributed by atoms with Crippen molar-refractivity contribution in [2.75, 3.05) is 20.1 Å². The van der Waals surface area contributed by atoms with E-state index in [4.69, 9.17) is 5.11 Å².